The molecule has 0 aliphatic heterocycles. The fourth-order valence-corrected chi connectivity index (χ4v) is 5.35. The molecule has 0 saturated heterocycles. The van der Waals surface area contributed by atoms with Crippen molar-refractivity contribution in [3.63, 3.8) is 0 Å². The number of allylic oxidation sites excluding steroid dienone is 2. The Morgan fingerprint density at radius 1 is 1.10 bits per heavy atom. The van der Waals surface area contributed by atoms with Crippen LogP contribution in [0.5, 0.6) is 0 Å². The third-order valence-corrected chi connectivity index (χ3v) is 6.84. The average molecular weight is 393 g/mol. The van der Waals surface area contributed by atoms with E-state index in [-0.39, 0.29) is 23.3 Å². The lowest BCUT2D eigenvalue weighted by Crippen LogP contribution is -2.45. The number of fused-ring (bicyclic) bond motifs is 3. The maximum atomic E-state index is 12.7. The van der Waals surface area contributed by atoms with Crippen LogP contribution in [0.25, 0.3) is 21.8 Å². The number of carbonyl (C=O) groups is 1. The van der Waals surface area contributed by atoms with Crippen molar-refractivity contribution in [1.29, 1.82) is 0 Å². The lowest BCUT2D eigenvalue weighted by molar-refractivity contribution is -0.121. The molecule has 4 nitrogen and oxygen atoms in total. The van der Waals surface area contributed by atoms with E-state index in [4.69, 9.17) is 11.7 Å². The molecule has 0 amide bonds. The summed E-state index contributed by atoms with van der Waals surface area (Å²) >= 11 is 0. The Hall–Kier alpha value is -3.45. The molecular weight excluding hydrogens is 370 g/mol. The van der Waals surface area contributed by atoms with E-state index in [0.717, 1.165) is 35.5 Å². The molecule has 148 valence electrons. The Kier molecular flexibility index (Phi) is 4.22. The van der Waals surface area contributed by atoms with Crippen molar-refractivity contribution < 1.29 is 4.79 Å². The molecule has 3 aromatic rings. The fraction of sp³-hybridized carbons (Fsp3) is 0.269. The molecule has 0 saturated carbocycles. The monoisotopic (exact) mass is 393 g/mol. The van der Waals surface area contributed by atoms with Gasteiger partial charge in [0.05, 0.1) is 23.6 Å². The SMILES string of the molecule is [C-]#[N+]C1=C[C@@]2(C)c3nn(-c4ccccc4)c(-c4ccccc4)c3CC[C@@H]2[C@@H](C)C1=O. The second-order valence-corrected chi connectivity index (χ2v) is 8.51. The minimum absolute atomic E-state index is 0.0262. The van der Waals surface area contributed by atoms with Gasteiger partial charge in [-0.1, -0.05) is 68.5 Å². The molecule has 0 radical (unpaired) electrons. The summed E-state index contributed by atoms with van der Waals surface area (Å²) in [6.07, 6.45) is 3.69. The summed E-state index contributed by atoms with van der Waals surface area (Å²) in [5, 5.41) is 5.14. The molecule has 0 N–H and O–H groups in total. The minimum atomic E-state index is -0.426. The molecule has 2 aromatic carbocycles. The van der Waals surface area contributed by atoms with Crippen molar-refractivity contribution in [3.05, 3.63) is 95.1 Å². The molecule has 0 spiro atoms. The smallest absolute Gasteiger partial charge is 0.226 e. The molecule has 1 aromatic heterocycles. The Balaban J connectivity index is 1.80. The predicted molar refractivity (Wildman–Crippen MR) is 117 cm³/mol. The zero-order valence-electron chi connectivity index (χ0n) is 17.2. The van der Waals surface area contributed by atoms with Gasteiger partial charge in [0, 0.05) is 22.5 Å². The number of nitrogens with zero attached hydrogens (tertiary/aromatic N) is 3. The van der Waals surface area contributed by atoms with Gasteiger partial charge < -0.3 is 4.79 Å². The molecule has 5 rings (SSSR count). The van der Waals surface area contributed by atoms with Crippen molar-refractivity contribution in [1.82, 2.24) is 9.78 Å². The van der Waals surface area contributed by atoms with Crippen LogP contribution < -0.4 is 0 Å². The van der Waals surface area contributed by atoms with Crippen molar-refractivity contribution in [2.45, 2.75) is 32.1 Å². The molecular formula is C26H23N3O. The van der Waals surface area contributed by atoms with Crippen LogP contribution >= 0.6 is 0 Å². The Morgan fingerprint density at radius 3 is 2.43 bits per heavy atom. The van der Waals surface area contributed by atoms with Crippen LogP contribution in [0.1, 0.15) is 31.5 Å². The van der Waals surface area contributed by atoms with Gasteiger partial charge in [-0.25, -0.2) is 9.53 Å². The third-order valence-electron chi connectivity index (χ3n) is 6.84. The van der Waals surface area contributed by atoms with Crippen LogP contribution in [0, 0.1) is 18.4 Å². The molecule has 0 unspecified atom stereocenters. The van der Waals surface area contributed by atoms with Gasteiger partial charge in [0.1, 0.15) is 0 Å². The molecule has 0 fully saturated rings. The van der Waals surface area contributed by atoms with E-state index < -0.39 is 5.41 Å². The van der Waals surface area contributed by atoms with Crippen LogP contribution in [0.15, 0.2) is 72.4 Å². The number of hydrogen-bond acceptors (Lipinski definition) is 2. The zero-order valence-corrected chi connectivity index (χ0v) is 17.2. The number of rotatable bonds is 2. The highest BCUT2D eigenvalue weighted by Crippen LogP contribution is 2.51. The minimum Gasteiger partial charge on any atom is -0.308 e. The van der Waals surface area contributed by atoms with Crippen LogP contribution in [-0.2, 0) is 16.6 Å². The third kappa shape index (κ3) is 2.59. The van der Waals surface area contributed by atoms with Crippen molar-refractivity contribution >= 4 is 5.78 Å². The summed E-state index contributed by atoms with van der Waals surface area (Å²) in [7, 11) is 0. The Morgan fingerprint density at radius 2 is 1.77 bits per heavy atom. The first-order valence-electron chi connectivity index (χ1n) is 10.4. The predicted octanol–water partition coefficient (Wildman–Crippen LogP) is 5.38. The van der Waals surface area contributed by atoms with Crippen molar-refractivity contribution in [3.8, 4) is 16.9 Å². The zero-order chi connectivity index (χ0) is 20.9. The van der Waals surface area contributed by atoms with Crippen LogP contribution in [0.3, 0.4) is 0 Å². The quantitative estimate of drug-likeness (QED) is 0.548. The molecule has 1 heterocycles. The van der Waals surface area contributed by atoms with Gasteiger partial charge in [-0.05, 0) is 30.9 Å². The standard InChI is InChI=1S/C26H23N3O/c1-17-21-15-14-20-23(18-10-6-4-7-11-18)29(19-12-8-5-9-13-19)28-25(20)26(21,2)16-22(27-3)24(17)30/h4-13,16-17,21H,14-15H2,1-2H3/t17-,21-,26-/m1/s1. The van der Waals surface area contributed by atoms with E-state index in [0.29, 0.717) is 0 Å². The maximum absolute atomic E-state index is 12.7. The number of para-hydroxylation sites is 1. The van der Waals surface area contributed by atoms with Gasteiger partial charge in [-0.15, -0.1) is 0 Å². The Labute approximate surface area is 176 Å². The molecule has 2 aliphatic carbocycles. The number of carbonyl (C=O) groups excluding carboxylic acids is 1. The summed E-state index contributed by atoms with van der Waals surface area (Å²) in [6.45, 7) is 11.6. The van der Waals surface area contributed by atoms with Gasteiger partial charge in [-0.2, -0.15) is 5.10 Å². The fourth-order valence-electron chi connectivity index (χ4n) is 5.35. The second-order valence-electron chi connectivity index (χ2n) is 8.51. The van der Waals surface area contributed by atoms with Gasteiger partial charge in [-0.3, -0.25) is 0 Å². The molecule has 0 bridgehead atoms. The first-order chi connectivity index (χ1) is 14.5. The van der Waals surface area contributed by atoms with Gasteiger partial charge in [0.2, 0.25) is 5.70 Å². The molecule has 2 aliphatic rings. The lowest BCUT2D eigenvalue weighted by Gasteiger charge is -2.44. The summed E-state index contributed by atoms with van der Waals surface area (Å²) in [5.41, 5.74) is 5.31. The average Bonchev–Trinajstić information content (AvgIpc) is 3.18. The number of Topliss-reactive ketones (excluding diaryl/α,β-unsaturated/α-hetero) is 1. The van der Waals surface area contributed by atoms with Gasteiger partial charge in [0.25, 0.3) is 0 Å². The van der Waals surface area contributed by atoms with Gasteiger partial charge >= 0.3 is 0 Å². The summed E-state index contributed by atoms with van der Waals surface area (Å²) < 4.78 is 2.04. The van der Waals surface area contributed by atoms with E-state index in [9.17, 15) is 4.79 Å². The highest BCUT2D eigenvalue weighted by Gasteiger charge is 2.50. The highest BCUT2D eigenvalue weighted by molar-refractivity contribution is 6.00. The topological polar surface area (TPSA) is 39.2 Å². The summed E-state index contributed by atoms with van der Waals surface area (Å²) in [4.78, 5) is 16.2. The number of aromatic nitrogens is 2. The number of hydrogen-bond donors (Lipinski definition) is 0. The van der Waals surface area contributed by atoms with Crippen LogP contribution in [0.4, 0.5) is 0 Å². The normalized spacial score (nSPS) is 25.1. The van der Waals surface area contributed by atoms with E-state index in [1.54, 1.807) is 0 Å². The largest absolute Gasteiger partial charge is 0.308 e. The highest BCUT2D eigenvalue weighted by atomic mass is 16.1. The van der Waals surface area contributed by atoms with Crippen LogP contribution in [-0.4, -0.2) is 15.6 Å². The Bertz CT molecular complexity index is 1200. The van der Waals surface area contributed by atoms with E-state index in [2.05, 4.69) is 48.2 Å². The molecule has 4 heteroatoms. The van der Waals surface area contributed by atoms with Gasteiger partial charge in [0.15, 0.2) is 5.78 Å². The van der Waals surface area contributed by atoms with E-state index in [1.807, 2.05) is 41.9 Å². The number of ketones is 1. The first kappa shape index (κ1) is 18.6. The second kappa shape index (κ2) is 6.81. The van der Waals surface area contributed by atoms with Crippen molar-refractivity contribution in [2.75, 3.05) is 0 Å². The maximum Gasteiger partial charge on any atom is 0.226 e. The molecule has 30 heavy (non-hydrogen) atoms. The van der Waals surface area contributed by atoms with Crippen LogP contribution in [0.2, 0.25) is 0 Å². The summed E-state index contributed by atoms with van der Waals surface area (Å²) in [6, 6.07) is 20.6. The summed E-state index contributed by atoms with van der Waals surface area (Å²) in [5.74, 6) is -0.0354. The van der Waals surface area contributed by atoms with E-state index in [1.165, 1.54) is 5.56 Å². The molecule has 3 atom stereocenters. The van der Waals surface area contributed by atoms with Crippen molar-refractivity contribution in [2.24, 2.45) is 11.8 Å². The lowest BCUT2D eigenvalue weighted by atomic mass is 9.58. The number of benzene rings is 2. The first-order valence-corrected chi connectivity index (χ1v) is 10.4. The van der Waals surface area contributed by atoms with E-state index >= 15 is 0 Å².